The number of primary sulfonamides is 1. The van der Waals surface area contributed by atoms with Crippen LogP contribution in [0.25, 0.3) is 0 Å². The zero-order chi connectivity index (χ0) is 24.6. The minimum Gasteiger partial charge on any atom is -0.489 e. The maximum Gasteiger partial charge on any atom is 0.416 e. The number of hydrogen-bond acceptors (Lipinski definition) is 5. The van der Waals surface area contributed by atoms with E-state index in [1.54, 1.807) is 26.0 Å². The van der Waals surface area contributed by atoms with E-state index in [4.69, 9.17) is 15.6 Å². The van der Waals surface area contributed by atoms with E-state index in [0.29, 0.717) is 18.5 Å². The lowest BCUT2D eigenvalue weighted by Gasteiger charge is -2.41. The van der Waals surface area contributed by atoms with Gasteiger partial charge in [0.05, 0.1) is 10.5 Å². The molecule has 7 nitrogen and oxygen atoms in total. The predicted octanol–water partition coefficient (Wildman–Crippen LogP) is 2.85. The molecule has 3 atom stereocenters. The van der Waals surface area contributed by atoms with Crippen LogP contribution in [0.2, 0.25) is 0 Å². The van der Waals surface area contributed by atoms with E-state index < -0.39 is 45.2 Å². The number of nitrogens with zero attached hydrogens (tertiary/aromatic N) is 1. The molecular weight excluding hydrogens is 459 g/mol. The second-order valence-corrected chi connectivity index (χ2v) is 9.91. The molecular formula is C22H26F3N3O4S. The molecule has 11 heteroatoms. The Balaban J connectivity index is 1.78. The highest BCUT2D eigenvalue weighted by atomic mass is 32.2. The molecule has 0 radical (unpaired) electrons. The Hall–Kier alpha value is -2.63. The molecule has 1 aliphatic heterocycles. The summed E-state index contributed by atoms with van der Waals surface area (Å²) >= 11 is 0. The van der Waals surface area contributed by atoms with Gasteiger partial charge < -0.3 is 10.5 Å². The van der Waals surface area contributed by atoms with E-state index in [1.165, 1.54) is 24.3 Å². The summed E-state index contributed by atoms with van der Waals surface area (Å²) < 4.78 is 67.7. The lowest BCUT2D eigenvalue weighted by atomic mass is 9.80. The molecule has 1 fully saturated rings. The Bertz CT molecular complexity index is 1120. The van der Waals surface area contributed by atoms with Crippen molar-refractivity contribution in [1.82, 2.24) is 4.90 Å². The lowest BCUT2D eigenvalue weighted by Crippen LogP contribution is -2.58. The topological polar surface area (TPSA) is 116 Å². The molecule has 180 valence electrons. The third-order valence-electron chi connectivity index (χ3n) is 6.32. The van der Waals surface area contributed by atoms with Gasteiger partial charge >= 0.3 is 6.18 Å². The first-order valence-electron chi connectivity index (χ1n) is 10.2. The number of nitrogens with two attached hydrogens (primary N) is 2. The number of rotatable bonds is 7. The van der Waals surface area contributed by atoms with Crippen LogP contribution in [-0.4, -0.2) is 44.0 Å². The van der Waals surface area contributed by atoms with Crippen molar-refractivity contribution in [3.63, 3.8) is 0 Å². The quantitative estimate of drug-likeness (QED) is 0.626. The summed E-state index contributed by atoms with van der Waals surface area (Å²) in [4.78, 5) is 14.4. The minimum absolute atomic E-state index is 0.0463. The normalized spacial score (nSPS) is 20.2. The Morgan fingerprint density at radius 2 is 1.82 bits per heavy atom. The van der Waals surface area contributed by atoms with Crippen molar-refractivity contribution in [2.45, 2.75) is 48.9 Å². The number of hydrogen-bond donors (Lipinski definition) is 2. The van der Waals surface area contributed by atoms with Crippen molar-refractivity contribution in [1.29, 1.82) is 0 Å². The van der Waals surface area contributed by atoms with E-state index >= 15 is 0 Å². The molecule has 0 aromatic heterocycles. The number of amides is 1. The molecule has 1 unspecified atom stereocenters. The second kappa shape index (κ2) is 8.96. The van der Waals surface area contributed by atoms with Crippen LogP contribution in [0.5, 0.6) is 5.75 Å². The third kappa shape index (κ3) is 5.31. The maximum atomic E-state index is 13.0. The fourth-order valence-corrected chi connectivity index (χ4v) is 4.61. The first kappa shape index (κ1) is 25.0. The van der Waals surface area contributed by atoms with Crippen LogP contribution in [-0.2, 0) is 21.0 Å². The van der Waals surface area contributed by atoms with Crippen molar-refractivity contribution in [3.05, 3.63) is 59.7 Å². The summed E-state index contributed by atoms with van der Waals surface area (Å²) in [7, 11) is -3.85. The van der Waals surface area contributed by atoms with E-state index in [-0.39, 0.29) is 17.2 Å². The number of likely N-dealkylation sites (tertiary alicyclic amines) is 1. The Kier molecular flexibility index (Phi) is 6.79. The standard InChI is InChI=1S/C22H26F3N3O4S/c1-14(15-6-8-19(9-7-15)33(27,30)31)21(2,20(26)29)28-11-10-18(13-28)32-17-5-3-4-16(12-17)22(23,24)25/h3-9,12,14,18H,10-11,13H2,1-2H3,(H2,26,29)(H2,27,30,31)/t14-,18+,21?/m0/s1. The van der Waals surface area contributed by atoms with Gasteiger partial charge in [0.25, 0.3) is 0 Å². The summed E-state index contributed by atoms with van der Waals surface area (Å²) in [5.41, 5.74) is 4.54. The van der Waals surface area contributed by atoms with Crippen molar-refractivity contribution in [2.24, 2.45) is 10.9 Å². The van der Waals surface area contributed by atoms with Gasteiger partial charge in [0, 0.05) is 19.0 Å². The molecule has 1 saturated heterocycles. The molecule has 1 aliphatic rings. The number of alkyl halides is 3. The number of benzene rings is 2. The number of carbonyl (C=O) groups is 1. The smallest absolute Gasteiger partial charge is 0.416 e. The Labute approximate surface area is 190 Å². The van der Waals surface area contributed by atoms with Gasteiger partial charge in [0.1, 0.15) is 17.4 Å². The largest absolute Gasteiger partial charge is 0.489 e. The highest BCUT2D eigenvalue weighted by Gasteiger charge is 2.46. The van der Waals surface area contributed by atoms with Gasteiger partial charge in [-0.05, 0) is 49.2 Å². The molecule has 2 aromatic rings. The molecule has 0 aliphatic carbocycles. The van der Waals surface area contributed by atoms with Crippen LogP contribution >= 0.6 is 0 Å². The van der Waals surface area contributed by atoms with Crippen LogP contribution in [0, 0.1) is 0 Å². The van der Waals surface area contributed by atoms with Gasteiger partial charge in [-0.3, -0.25) is 9.69 Å². The zero-order valence-corrected chi connectivity index (χ0v) is 19.0. The molecule has 3 rings (SSSR count). The van der Waals surface area contributed by atoms with Gasteiger partial charge in [-0.25, -0.2) is 13.6 Å². The molecule has 1 amide bonds. The Morgan fingerprint density at radius 3 is 2.36 bits per heavy atom. The summed E-state index contributed by atoms with van der Waals surface area (Å²) in [5, 5.41) is 5.14. The van der Waals surface area contributed by atoms with Crippen molar-refractivity contribution < 1.29 is 31.1 Å². The Morgan fingerprint density at radius 1 is 1.18 bits per heavy atom. The van der Waals surface area contributed by atoms with Crippen LogP contribution in [0.1, 0.15) is 37.3 Å². The van der Waals surface area contributed by atoms with Crippen molar-refractivity contribution >= 4 is 15.9 Å². The molecule has 33 heavy (non-hydrogen) atoms. The number of halogens is 3. The molecule has 0 spiro atoms. The van der Waals surface area contributed by atoms with Crippen molar-refractivity contribution in [3.8, 4) is 5.75 Å². The third-order valence-corrected chi connectivity index (χ3v) is 7.25. The average molecular weight is 486 g/mol. The van der Waals surface area contributed by atoms with E-state index in [2.05, 4.69) is 0 Å². The fourth-order valence-electron chi connectivity index (χ4n) is 4.10. The summed E-state index contributed by atoms with van der Waals surface area (Å²) in [6, 6.07) is 10.6. The number of sulfonamides is 1. The molecule has 4 N–H and O–H groups in total. The average Bonchev–Trinajstić information content (AvgIpc) is 3.20. The highest BCUT2D eigenvalue weighted by molar-refractivity contribution is 7.89. The zero-order valence-electron chi connectivity index (χ0n) is 18.2. The minimum atomic E-state index is -4.47. The van der Waals surface area contributed by atoms with Crippen LogP contribution in [0.15, 0.2) is 53.4 Å². The predicted molar refractivity (Wildman–Crippen MR) is 116 cm³/mol. The fraction of sp³-hybridized carbons (Fsp3) is 0.409. The van der Waals surface area contributed by atoms with Gasteiger partial charge in [-0.1, -0.05) is 25.1 Å². The van der Waals surface area contributed by atoms with Gasteiger partial charge in [-0.2, -0.15) is 13.2 Å². The number of ether oxygens (including phenoxy) is 1. The summed E-state index contributed by atoms with van der Waals surface area (Å²) in [6.45, 7) is 4.23. The van der Waals surface area contributed by atoms with Crippen LogP contribution < -0.4 is 15.6 Å². The molecule has 1 heterocycles. The highest BCUT2D eigenvalue weighted by Crippen LogP contribution is 2.37. The number of primary amides is 1. The second-order valence-electron chi connectivity index (χ2n) is 8.35. The first-order valence-corrected chi connectivity index (χ1v) is 11.8. The van der Waals surface area contributed by atoms with Gasteiger partial charge in [0.2, 0.25) is 15.9 Å². The van der Waals surface area contributed by atoms with E-state index in [1.807, 2.05) is 4.90 Å². The maximum absolute atomic E-state index is 13.0. The van der Waals surface area contributed by atoms with E-state index in [0.717, 1.165) is 12.1 Å². The summed E-state index contributed by atoms with van der Waals surface area (Å²) in [5.74, 6) is -0.897. The molecule has 2 aromatic carbocycles. The number of carbonyl (C=O) groups excluding carboxylic acids is 1. The van der Waals surface area contributed by atoms with Crippen molar-refractivity contribution in [2.75, 3.05) is 13.1 Å². The van der Waals surface area contributed by atoms with Crippen LogP contribution in [0.4, 0.5) is 13.2 Å². The van der Waals surface area contributed by atoms with E-state index in [9.17, 15) is 26.4 Å². The SMILES string of the molecule is C[C@@H](c1ccc(S(N)(=O)=O)cc1)C(C)(C(N)=O)N1CC[C@@H](Oc2cccc(C(F)(F)F)c2)C1. The first-order chi connectivity index (χ1) is 15.2. The van der Waals surface area contributed by atoms with Gasteiger partial charge in [-0.15, -0.1) is 0 Å². The molecule has 0 saturated carbocycles. The summed E-state index contributed by atoms with van der Waals surface area (Å²) in [6.07, 6.45) is -4.40. The van der Waals surface area contributed by atoms with Crippen LogP contribution in [0.3, 0.4) is 0 Å². The lowest BCUT2D eigenvalue weighted by molar-refractivity contribution is -0.137. The van der Waals surface area contributed by atoms with Gasteiger partial charge in [0.15, 0.2) is 0 Å². The molecule has 0 bridgehead atoms. The monoisotopic (exact) mass is 485 g/mol.